The molecule has 0 radical (unpaired) electrons. The lowest BCUT2D eigenvalue weighted by molar-refractivity contribution is 0.0702. The summed E-state index contributed by atoms with van der Waals surface area (Å²) >= 11 is 1.01. The van der Waals surface area contributed by atoms with Gasteiger partial charge in [-0.1, -0.05) is 0 Å². The number of aromatic carboxylic acids is 1. The van der Waals surface area contributed by atoms with Crippen molar-refractivity contribution in [2.45, 2.75) is 25.8 Å². The number of nitrogens with one attached hydrogen (secondary N) is 1. The Morgan fingerprint density at radius 1 is 1.44 bits per heavy atom. The molecule has 1 saturated carbocycles. The molecule has 16 heavy (non-hydrogen) atoms. The fourth-order valence-corrected chi connectivity index (χ4v) is 2.31. The van der Waals surface area contributed by atoms with Crippen molar-refractivity contribution < 1.29 is 14.7 Å². The summed E-state index contributed by atoms with van der Waals surface area (Å²) in [6.07, 6.45) is 2.35. The molecule has 1 atom stereocenters. The maximum Gasteiger partial charge on any atom is 0.345 e. The van der Waals surface area contributed by atoms with Gasteiger partial charge in [0.25, 0.3) is 5.91 Å². The third kappa shape index (κ3) is 2.41. The molecule has 2 N–H and O–H groups in total. The van der Waals surface area contributed by atoms with Crippen LogP contribution in [0, 0.1) is 5.92 Å². The van der Waals surface area contributed by atoms with Gasteiger partial charge in [0.15, 0.2) is 0 Å². The molecule has 0 aromatic carbocycles. The Kier molecular flexibility index (Phi) is 2.96. The number of carbonyl (C=O) groups is 2. The Hall–Kier alpha value is -1.36. The highest BCUT2D eigenvalue weighted by Crippen LogP contribution is 2.32. The third-order valence-electron chi connectivity index (χ3n) is 2.73. The normalized spacial score (nSPS) is 16.8. The van der Waals surface area contributed by atoms with Crippen molar-refractivity contribution >= 4 is 23.2 Å². The Bertz CT molecular complexity index is 423. The van der Waals surface area contributed by atoms with E-state index in [0.717, 1.165) is 11.3 Å². The van der Waals surface area contributed by atoms with E-state index in [1.807, 2.05) is 6.92 Å². The molecule has 1 aromatic heterocycles. The van der Waals surface area contributed by atoms with Gasteiger partial charge < -0.3 is 10.4 Å². The molecule has 1 unspecified atom stereocenters. The lowest BCUT2D eigenvalue weighted by Gasteiger charge is -2.11. The molecule has 4 nitrogen and oxygen atoms in total. The molecule has 1 aromatic rings. The van der Waals surface area contributed by atoms with Gasteiger partial charge in [-0.25, -0.2) is 4.79 Å². The summed E-state index contributed by atoms with van der Waals surface area (Å²) in [5.74, 6) is -0.556. The van der Waals surface area contributed by atoms with Crippen LogP contribution in [0.4, 0.5) is 0 Å². The summed E-state index contributed by atoms with van der Waals surface area (Å²) in [7, 11) is 0. The molecule has 1 aliphatic rings. The molecule has 1 heterocycles. The molecule has 1 aliphatic carbocycles. The number of rotatable bonds is 4. The largest absolute Gasteiger partial charge is 0.477 e. The molecule has 86 valence electrons. The van der Waals surface area contributed by atoms with E-state index in [0.29, 0.717) is 10.8 Å². The zero-order valence-corrected chi connectivity index (χ0v) is 9.71. The number of hydrogen-bond acceptors (Lipinski definition) is 3. The van der Waals surface area contributed by atoms with Gasteiger partial charge in [0, 0.05) is 6.04 Å². The van der Waals surface area contributed by atoms with E-state index in [1.165, 1.54) is 18.9 Å². The van der Waals surface area contributed by atoms with Crippen molar-refractivity contribution in [3.8, 4) is 0 Å². The van der Waals surface area contributed by atoms with Crippen LogP contribution in [0.2, 0.25) is 0 Å². The average Bonchev–Trinajstić information content (AvgIpc) is 2.95. The first-order valence-corrected chi connectivity index (χ1v) is 6.03. The second-order valence-corrected chi connectivity index (χ2v) is 5.15. The van der Waals surface area contributed by atoms with Crippen molar-refractivity contribution in [2.75, 3.05) is 0 Å². The molecule has 2 rings (SSSR count). The number of hydrogen-bond donors (Lipinski definition) is 2. The Morgan fingerprint density at radius 2 is 2.06 bits per heavy atom. The van der Waals surface area contributed by atoms with Gasteiger partial charge in [0.1, 0.15) is 4.88 Å². The van der Waals surface area contributed by atoms with E-state index in [1.54, 1.807) is 6.07 Å². The van der Waals surface area contributed by atoms with Gasteiger partial charge in [-0.05, 0) is 37.8 Å². The smallest absolute Gasteiger partial charge is 0.345 e. The van der Waals surface area contributed by atoms with E-state index in [9.17, 15) is 9.59 Å². The predicted octanol–water partition coefficient (Wildman–Crippen LogP) is 1.97. The highest BCUT2D eigenvalue weighted by Gasteiger charge is 2.29. The SMILES string of the molecule is CC(NC(=O)c1ccc(C(=O)O)s1)C1CC1. The first-order valence-electron chi connectivity index (χ1n) is 5.22. The van der Waals surface area contributed by atoms with Crippen molar-refractivity contribution in [1.82, 2.24) is 5.32 Å². The number of carboxylic acid groups (broad SMARTS) is 1. The molecule has 0 bridgehead atoms. The van der Waals surface area contributed by atoms with Crippen molar-refractivity contribution in [2.24, 2.45) is 5.92 Å². The number of thiophene rings is 1. The van der Waals surface area contributed by atoms with E-state index in [-0.39, 0.29) is 16.8 Å². The van der Waals surface area contributed by atoms with Gasteiger partial charge in [0.05, 0.1) is 4.88 Å². The first-order chi connectivity index (χ1) is 7.58. The fourth-order valence-electron chi connectivity index (χ4n) is 1.57. The Labute approximate surface area is 97.3 Å². The maximum absolute atomic E-state index is 11.7. The van der Waals surface area contributed by atoms with Crippen LogP contribution in [0.15, 0.2) is 12.1 Å². The second-order valence-electron chi connectivity index (χ2n) is 4.07. The topological polar surface area (TPSA) is 66.4 Å². The van der Waals surface area contributed by atoms with Crippen molar-refractivity contribution in [3.05, 3.63) is 21.9 Å². The highest BCUT2D eigenvalue weighted by molar-refractivity contribution is 7.15. The van der Waals surface area contributed by atoms with E-state index in [2.05, 4.69) is 5.32 Å². The number of amides is 1. The summed E-state index contributed by atoms with van der Waals surface area (Å²) in [6, 6.07) is 3.20. The fraction of sp³-hybridized carbons (Fsp3) is 0.455. The molecule has 5 heteroatoms. The predicted molar refractivity (Wildman–Crippen MR) is 60.9 cm³/mol. The Balaban J connectivity index is 1.99. The van der Waals surface area contributed by atoms with Crippen LogP contribution >= 0.6 is 11.3 Å². The van der Waals surface area contributed by atoms with Crippen molar-refractivity contribution in [3.63, 3.8) is 0 Å². The second kappa shape index (κ2) is 4.25. The quantitative estimate of drug-likeness (QED) is 0.844. The van der Waals surface area contributed by atoms with E-state index >= 15 is 0 Å². The van der Waals surface area contributed by atoms with Crippen LogP contribution in [-0.2, 0) is 0 Å². The van der Waals surface area contributed by atoms with E-state index in [4.69, 9.17) is 5.11 Å². The summed E-state index contributed by atoms with van der Waals surface area (Å²) in [5, 5.41) is 11.6. The maximum atomic E-state index is 11.7. The molecule has 1 fully saturated rings. The molecule has 0 saturated heterocycles. The van der Waals surface area contributed by atoms with Crippen molar-refractivity contribution in [1.29, 1.82) is 0 Å². The van der Waals surface area contributed by atoms with Crippen LogP contribution in [-0.4, -0.2) is 23.0 Å². The average molecular weight is 239 g/mol. The number of carboxylic acids is 1. The lowest BCUT2D eigenvalue weighted by atomic mass is 10.2. The van der Waals surface area contributed by atoms with Crippen LogP contribution < -0.4 is 5.32 Å². The van der Waals surface area contributed by atoms with Gasteiger partial charge >= 0.3 is 5.97 Å². The molecule has 1 amide bonds. The summed E-state index contributed by atoms with van der Waals surface area (Å²) < 4.78 is 0. The summed E-state index contributed by atoms with van der Waals surface area (Å²) in [6.45, 7) is 1.99. The van der Waals surface area contributed by atoms with Crippen LogP contribution in [0.3, 0.4) is 0 Å². The molecule has 0 spiro atoms. The van der Waals surface area contributed by atoms with Gasteiger partial charge in [-0.3, -0.25) is 4.79 Å². The highest BCUT2D eigenvalue weighted by atomic mass is 32.1. The molecule has 0 aliphatic heterocycles. The minimum Gasteiger partial charge on any atom is -0.477 e. The molecular weight excluding hydrogens is 226 g/mol. The Morgan fingerprint density at radius 3 is 2.56 bits per heavy atom. The zero-order valence-electron chi connectivity index (χ0n) is 8.90. The third-order valence-corrected chi connectivity index (χ3v) is 3.80. The lowest BCUT2D eigenvalue weighted by Crippen LogP contribution is -2.33. The monoisotopic (exact) mass is 239 g/mol. The van der Waals surface area contributed by atoms with Gasteiger partial charge in [-0.2, -0.15) is 0 Å². The van der Waals surface area contributed by atoms with Crippen LogP contribution in [0.25, 0.3) is 0 Å². The van der Waals surface area contributed by atoms with Gasteiger partial charge in [-0.15, -0.1) is 11.3 Å². The van der Waals surface area contributed by atoms with Crippen LogP contribution in [0.5, 0.6) is 0 Å². The van der Waals surface area contributed by atoms with Gasteiger partial charge in [0.2, 0.25) is 0 Å². The summed E-state index contributed by atoms with van der Waals surface area (Å²) in [5.41, 5.74) is 0. The zero-order chi connectivity index (χ0) is 11.7. The minimum absolute atomic E-state index is 0.170. The minimum atomic E-state index is -0.987. The van der Waals surface area contributed by atoms with E-state index < -0.39 is 5.97 Å². The summed E-state index contributed by atoms with van der Waals surface area (Å²) in [4.78, 5) is 23.0. The first kappa shape index (κ1) is 11.1. The number of carbonyl (C=O) groups excluding carboxylic acids is 1. The van der Waals surface area contributed by atoms with Crippen LogP contribution in [0.1, 0.15) is 39.1 Å². The standard InChI is InChI=1S/C11H13NO3S/c1-6(7-2-3-7)12-10(13)8-4-5-9(16-8)11(14)15/h4-7H,2-3H2,1H3,(H,12,13)(H,14,15). The molecular formula is C11H13NO3S.